The number of benzene rings is 1. The first-order valence-corrected chi connectivity index (χ1v) is 15.4. The van der Waals surface area contributed by atoms with Crippen molar-refractivity contribution in [1.29, 1.82) is 0 Å². The topological polar surface area (TPSA) is 125 Å². The van der Waals surface area contributed by atoms with E-state index in [1.54, 1.807) is 4.90 Å². The molecule has 9 heteroatoms. The number of rotatable bonds is 13. The van der Waals surface area contributed by atoms with Crippen molar-refractivity contribution in [2.75, 3.05) is 13.1 Å². The van der Waals surface area contributed by atoms with E-state index in [4.69, 9.17) is 0 Å². The molecule has 0 radical (unpaired) electrons. The third-order valence-electron chi connectivity index (χ3n) is 9.74. The van der Waals surface area contributed by atoms with Gasteiger partial charge in [0.1, 0.15) is 12.1 Å². The summed E-state index contributed by atoms with van der Waals surface area (Å²) < 4.78 is 0. The van der Waals surface area contributed by atoms with Gasteiger partial charge in [0.25, 0.3) is 5.91 Å². The zero-order valence-corrected chi connectivity index (χ0v) is 25.2. The van der Waals surface area contributed by atoms with E-state index in [2.05, 4.69) is 36.4 Å². The van der Waals surface area contributed by atoms with Crippen LogP contribution in [0.5, 0.6) is 0 Å². The highest BCUT2D eigenvalue weighted by atomic mass is 16.2. The predicted octanol–water partition coefficient (Wildman–Crippen LogP) is 3.14. The normalized spacial score (nSPS) is 24.1. The largest absolute Gasteiger partial charge is 0.352 e. The van der Waals surface area contributed by atoms with Gasteiger partial charge in [-0.25, -0.2) is 0 Å². The molecular formula is C33H46N4O5. The van der Waals surface area contributed by atoms with Gasteiger partial charge in [-0.15, -0.1) is 6.58 Å². The van der Waals surface area contributed by atoms with E-state index in [0.717, 1.165) is 31.2 Å². The van der Waals surface area contributed by atoms with Crippen LogP contribution < -0.4 is 16.0 Å². The van der Waals surface area contributed by atoms with Crippen molar-refractivity contribution in [2.24, 2.45) is 29.1 Å². The summed E-state index contributed by atoms with van der Waals surface area (Å²) in [7, 11) is 0. The highest BCUT2D eigenvalue weighted by molar-refractivity contribution is 6.38. The first kappa shape index (κ1) is 31.4. The molecule has 3 N–H and O–H groups in total. The number of ketones is 1. The zero-order chi connectivity index (χ0) is 30.4. The summed E-state index contributed by atoms with van der Waals surface area (Å²) in [6, 6.07) is 7.70. The van der Waals surface area contributed by atoms with Gasteiger partial charge in [-0.3, -0.25) is 24.0 Å². The van der Waals surface area contributed by atoms with E-state index in [9.17, 15) is 24.0 Å². The van der Waals surface area contributed by atoms with Crippen molar-refractivity contribution in [3.8, 4) is 0 Å². The number of amides is 4. The second-order valence-corrected chi connectivity index (χ2v) is 12.8. The van der Waals surface area contributed by atoms with E-state index < -0.39 is 29.7 Å². The van der Waals surface area contributed by atoms with Crippen molar-refractivity contribution in [3.63, 3.8) is 0 Å². The molecule has 3 fully saturated rings. The minimum Gasteiger partial charge on any atom is -0.352 e. The lowest BCUT2D eigenvalue weighted by atomic mass is 9.80. The summed E-state index contributed by atoms with van der Waals surface area (Å²) in [5.74, 6) is -1.87. The van der Waals surface area contributed by atoms with Crippen LogP contribution in [0.4, 0.5) is 0 Å². The number of nitrogens with one attached hydrogen (secondary N) is 3. The van der Waals surface area contributed by atoms with Crippen LogP contribution in [0.3, 0.4) is 0 Å². The monoisotopic (exact) mass is 578 g/mol. The Hall–Kier alpha value is -3.49. The van der Waals surface area contributed by atoms with Gasteiger partial charge in [0.05, 0.1) is 0 Å². The average Bonchev–Trinajstić information content (AvgIpc) is 3.31. The Labute approximate surface area is 249 Å². The van der Waals surface area contributed by atoms with Gasteiger partial charge in [-0.05, 0) is 48.0 Å². The number of Topliss-reactive ketones (excluding diaryl/α,β-unsaturated/α-hetero) is 1. The second-order valence-electron chi connectivity index (χ2n) is 12.8. The van der Waals surface area contributed by atoms with Gasteiger partial charge in [-0.1, -0.05) is 76.4 Å². The molecule has 3 aliphatic rings. The number of likely N-dealkylation sites (tertiary alicyclic amines) is 1. The third-order valence-corrected chi connectivity index (χ3v) is 9.74. The lowest BCUT2D eigenvalue weighted by molar-refractivity contribution is -0.146. The minimum absolute atomic E-state index is 0.0120. The van der Waals surface area contributed by atoms with Crippen LogP contribution in [-0.4, -0.2) is 59.5 Å². The zero-order valence-electron chi connectivity index (χ0n) is 25.2. The van der Waals surface area contributed by atoms with Crippen LogP contribution in [0, 0.1) is 29.1 Å². The van der Waals surface area contributed by atoms with Crippen LogP contribution in [0.15, 0.2) is 43.0 Å². The molecule has 5 atom stereocenters. The first-order valence-electron chi connectivity index (χ1n) is 15.4. The molecule has 0 aromatic heterocycles. The highest BCUT2D eigenvalue weighted by Crippen LogP contribution is 2.65. The fraction of sp³-hybridized carbons (Fsp3) is 0.606. The van der Waals surface area contributed by atoms with E-state index in [1.165, 1.54) is 12.5 Å². The Bertz CT molecular complexity index is 1180. The van der Waals surface area contributed by atoms with E-state index >= 15 is 0 Å². The van der Waals surface area contributed by atoms with Gasteiger partial charge in [0.2, 0.25) is 23.5 Å². The lowest BCUT2D eigenvalue weighted by Crippen LogP contribution is -2.56. The van der Waals surface area contributed by atoms with Crippen molar-refractivity contribution in [2.45, 2.75) is 84.3 Å². The average molecular weight is 579 g/mol. The smallest absolute Gasteiger partial charge is 0.289 e. The molecule has 42 heavy (non-hydrogen) atoms. The number of hydrogen-bond donors (Lipinski definition) is 3. The van der Waals surface area contributed by atoms with Crippen molar-refractivity contribution in [1.82, 2.24) is 20.9 Å². The number of piperidine rings is 1. The van der Waals surface area contributed by atoms with Crippen molar-refractivity contribution in [3.05, 3.63) is 48.6 Å². The molecular weight excluding hydrogens is 532 g/mol. The molecule has 0 bridgehead atoms. The number of carbonyl (C=O) groups is 5. The summed E-state index contributed by atoms with van der Waals surface area (Å²) in [6.07, 6.45) is 7.13. The van der Waals surface area contributed by atoms with Gasteiger partial charge >= 0.3 is 0 Å². The van der Waals surface area contributed by atoms with Gasteiger partial charge in [0, 0.05) is 32.0 Å². The van der Waals surface area contributed by atoms with Crippen molar-refractivity contribution >= 4 is 29.4 Å². The molecule has 2 saturated carbocycles. The fourth-order valence-electron chi connectivity index (χ4n) is 6.99. The molecule has 0 unspecified atom stereocenters. The summed E-state index contributed by atoms with van der Waals surface area (Å²) >= 11 is 0. The van der Waals surface area contributed by atoms with E-state index in [-0.39, 0.29) is 54.4 Å². The molecule has 1 aromatic rings. The van der Waals surface area contributed by atoms with Gasteiger partial charge in [-0.2, -0.15) is 0 Å². The summed E-state index contributed by atoms with van der Waals surface area (Å²) in [6.45, 7) is 10.8. The summed E-state index contributed by atoms with van der Waals surface area (Å²) in [4.78, 5) is 67.0. The maximum atomic E-state index is 13.7. The first-order chi connectivity index (χ1) is 20.1. The van der Waals surface area contributed by atoms with Crippen LogP contribution in [0.25, 0.3) is 0 Å². The molecule has 0 spiro atoms. The third kappa shape index (κ3) is 7.10. The Morgan fingerprint density at radius 1 is 1.05 bits per heavy atom. The molecule has 228 valence electrons. The highest BCUT2D eigenvalue weighted by Gasteiger charge is 2.69. The van der Waals surface area contributed by atoms with E-state index in [1.807, 2.05) is 37.3 Å². The maximum absolute atomic E-state index is 13.7. The summed E-state index contributed by atoms with van der Waals surface area (Å²) in [5.41, 5.74) is 0.892. The van der Waals surface area contributed by atoms with Crippen LogP contribution >= 0.6 is 0 Å². The van der Waals surface area contributed by atoms with Crippen LogP contribution in [-0.2, 0) is 30.5 Å². The molecule has 1 aromatic carbocycles. The maximum Gasteiger partial charge on any atom is 0.289 e. The Morgan fingerprint density at radius 3 is 2.40 bits per heavy atom. The number of nitrogens with zero attached hydrogens (tertiary/aromatic N) is 1. The Morgan fingerprint density at radius 2 is 1.74 bits per heavy atom. The molecule has 2 aliphatic carbocycles. The van der Waals surface area contributed by atoms with Gasteiger partial charge < -0.3 is 20.9 Å². The quantitative estimate of drug-likeness (QED) is 0.245. The van der Waals surface area contributed by atoms with E-state index in [0.29, 0.717) is 19.0 Å². The standard InChI is InChI=1S/C33H46N4O5/c1-5-12-25(29(39)31(41)34-18-17-26(38)35-19-22-13-8-6-9-14-22)36-30(40)28-27-24(33(27,3)4)20-37(28)32(42)21(2)23-15-10-7-11-16-23/h5-6,8-9,13-14,21,23-25,27-28H,1,7,10-12,15-20H2,2-4H3,(H,34,41)(H,35,38)(H,36,40)/t21-,24-,25-,27-,28-/m0/s1. The minimum atomic E-state index is -1.10. The van der Waals surface area contributed by atoms with Crippen LogP contribution in [0.1, 0.15) is 71.3 Å². The SMILES string of the molecule is C=CC[C@H](NC(=O)[C@@H]1[C@@H]2[C@H](CN1C(=O)[C@@H](C)C1CCCCC1)C2(C)C)C(=O)C(=O)NCCC(=O)NCc1ccccc1. The molecule has 1 saturated heterocycles. The Kier molecular flexibility index (Phi) is 10.2. The molecule has 1 heterocycles. The molecule has 1 aliphatic heterocycles. The molecule has 9 nitrogen and oxygen atoms in total. The lowest BCUT2D eigenvalue weighted by Gasteiger charge is -2.35. The molecule has 4 rings (SSSR count). The summed E-state index contributed by atoms with van der Waals surface area (Å²) in [5, 5.41) is 8.07. The van der Waals surface area contributed by atoms with Crippen molar-refractivity contribution < 1.29 is 24.0 Å². The van der Waals surface area contributed by atoms with Gasteiger partial charge in [0.15, 0.2) is 0 Å². The number of carbonyl (C=O) groups excluding carboxylic acids is 5. The predicted molar refractivity (Wildman–Crippen MR) is 160 cm³/mol. The number of fused-ring (bicyclic) bond motifs is 1. The molecule has 4 amide bonds. The number of hydrogen-bond acceptors (Lipinski definition) is 5. The second kappa shape index (κ2) is 13.7. The Balaban J connectivity index is 1.32. The fourth-order valence-corrected chi connectivity index (χ4v) is 6.99. The van der Waals surface area contributed by atoms with Crippen LogP contribution in [0.2, 0.25) is 0 Å².